The van der Waals surface area contributed by atoms with Crippen LogP contribution >= 0.6 is 63.7 Å². The number of halogens is 4. The van der Waals surface area contributed by atoms with Crippen LogP contribution in [0.5, 0.6) is 0 Å². The smallest absolute Gasteiger partial charge is 0.262 e. The minimum atomic E-state index is -1.09. The van der Waals surface area contributed by atoms with Crippen LogP contribution in [0, 0.1) is 0 Å². The highest BCUT2D eigenvalue weighted by Crippen LogP contribution is 2.45. The van der Waals surface area contributed by atoms with Crippen molar-refractivity contribution >= 4 is 81.5 Å². The molecule has 5 nitrogen and oxygen atoms in total. The average molecular weight is 576 g/mol. The Morgan fingerprint density at radius 3 is 1.74 bits per heavy atom. The van der Waals surface area contributed by atoms with Crippen LogP contribution in [0.4, 0.5) is 0 Å². The van der Waals surface area contributed by atoms with Gasteiger partial charge in [-0.15, -0.1) is 0 Å². The van der Waals surface area contributed by atoms with Gasteiger partial charge < -0.3 is 9.90 Å². The Labute approximate surface area is 166 Å². The number of unbranched alkanes of at least 4 members (excludes halogenated alkanes) is 2. The molecule has 0 radical (unpaired) electrons. The van der Waals surface area contributed by atoms with Crippen LogP contribution in [0.2, 0.25) is 0 Å². The molecule has 23 heavy (non-hydrogen) atoms. The molecule has 1 aromatic carbocycles. The zero-order chi connectivity index (χ0) is 17.3. The van der Waals surface area contributed by atoms with Gasteiger partial charge in [0.05, 0.1) is 11.1 Å². The third kappa shape index (κ3) is 3.72. The van der Waals surface area contributed by atoms with Gasteiger partial charge in [-0.1, -0.05) is 6.42 Å². The first-order chi connectivity index (χ1) is 10.8. The number of hydrogen-bond acceptors (Lipinski definition) is 4. The largest absolute Gasteiger partial charge is 0.550 e. The van der Waals surface area contributed by atoms with Crippen LogP contribution in [0.3, 0.4) is 0 Å². The molecule has 1 aliphatic heterocycles. The van der Waals surface area contributed by atoms with Crippen LogP contribution < -0.4 is 5.11 Å². The van der Waals surface area contributed by atoms with Crippen molar-refractivity contribution in [3.63, 3.8) is 0 Å². The van der Waals surface area contributed by atoms with E-state index in [0.29, 0.717) is 48.3 Å². The highest BCUT2D eigenvalue weighted by atomic mass is 79.9. The maximum Gasteiger partial charge on any atom is 0.262 e. The number of carboxylic acids is 1. The summed E-state index contributed by atoms with van der Waals surface area (Å²) in [6.45, 7) is 0.257. The Bertz CT molecular complexity index is 658. The lowest BCUT2D eigenvalue weighted by Gasteiger charge is -2.13. The summed E-state index contributed by atoms with van der Waals surface area (Å²) in [5, 5.41) is 10.4. The van der Waals surface area contributed by atoms with E-state index in [1.165, 1.54) is 4.90 Å². The van der Waals surface area contributed by atoms with Gasteiger partial charge in [0.25, 0.3) is 11.8 Å². The SMILES string of the molecule is O=C([O-])CCCCCN1C(=O)c2c(Br)c(Br)c(Br)c(Br)c2C1=O. The molecule has 1 aliphatic rings. The zero-order valence-electron chi connectivity index (χ0n) is 11.6. The number of carbonyl (C=O) groups is 3. The van der Waals surface area contributed by atoms with E-state index < -0.39 is 5.97 Å². The summed E-state index contributed by atoms with van der Waals surface area (Å²) in [5.74, 6) is -1.80. The molecule has 0 fully saturated rings. The van der Waals surface area contributed by atoms with E-state index >= 15 is 0 Å². The molecule has 124 valence electrons. The van der Waals surface area contributed by atoms with Crippen LogP contribution in [-0.4, -0.2) is 29.2 Å². The molecule has 0 saturated carbocycles. The minimum absolute atomic E-state index is 0.0148. The van der Waals surface area contributed by atoms with Gasteiger partial charge in [0.1, 0.15) is 0 Å². The molecule has 1 heterocycles. The standard InChI is InChI=1S/C14H11Br4NO4/c15-9-7-8(10(16)12(18)11(9)17)14(23)19(13(7)22)5-3-1-2-4-6(20)21/h1-5H2,(H,20,21)/p-1. The second-order valence-electron chi connectivity index (χ2n) is 4.95. The fourth-order valence-electron chi connectivity index (χ4n) is 2.31. The molecule has 1 aromatic rings. The summed E-state index contributed by atoms with van der Waals surface area (Å²) < 4.78 is 2.36. The van der Waals surface area contributed by atoms with Crippen molar-refractivity contribution < 1.29 is 19.5 Å². The van der Waals surface area contributed by atoms with E-state index in [9.17, 15) is 19.5 Å². The molecule has 0 aliphatic carbocycles. The number of imide groups is 1. The molecule has 0 spiro atoms. The first kappa shape index (κ1) is 19.1. The van der Waals surface area contributed by atoms with Crippen LogP contribution in [0.1, 0.15) is 46.4 Å². The molecule has 9 heteroatoms. The van der Waals surface area contributed by atoms with Gasteiger partial charge in [0, 0.05) is 30.4 Å². The fraction of sp³-hybridized carbons (Fsp3) is 0.357. The molecule has 0 saturated heterocycles. The third-order valence-corrected chi connectivity index (χ3v) is 8.22. The summed E-state index contributed by atoms with van der Waals surface area (Å²) in [4.78, 5) is 36.6. The van der Waals surface area contributed by atoms with E-state index in [4.69, 9.17) is 0 Å². The summed E-state index contributed by atoms with van der Waals surface area (Å²) >= 11 is 13.4. The molecule has 0 unspecified atom stereocenters. The number of benzene rings is 1. The average Bonchev–Trinajstić information content (AvgIpc) is 2.74. The second-order valence-corrected chi connectivity index (χ2v) is 8.12. The number of nitrogens with zero attached hydrogens (tertiary/aromatic N) is 1. The summed E-state index contributed by atoms with van der Waals surface area (Å²) in [5.41, 5.74) is 0.651. The second kappa shape index (κ2) is 7.76. The predicted molar refractivity (Wildman–Crippen MR) is 96.1 cm³/mol. The van der Waals surface area contributed by atoms with Gasteiger partial charge in [-0.2, -0.15) is 0 Å². The summed E-state index contributed by atoms with van der Waals surface area (Å²) in [6.07, 6.45) is 1.61. The maximum atomic E-state index is 12.5. The maximum absolute atomic E-state index is 12.5. The lowest BCUT2D eigenvalue weighted by molar-refractivity contribution is -0.305. The van der Waals surface area contributed by atoms with Gasteiger partial charge in [0.2, 0.25) is 0 Å². The van der Waals surface area contributed by atoms with Gasteiger partial charge in [0.15, 0.2) is 0 Å². The number of aliphatic carboxylic acids is 1. The molecule has 2 amide bonds. The van der Waals surface area contributed by atoms with E-state index in [2.05, 4.69) is 63.7 Å². The lowest BCUT2D eigenvalue weighted by atomic mass is 10.1. The highest BCUT2D eigenvalue weighted by molar-refractivity contribution is 9.15. The first-order valence-electron chi connectivity index (χ1n) is 6.69. The van der Waals surface area contributed by atoms with Gasteiger partial charge in [-0.25, -0.2) is 0 Å². The number of amides is 2. The van der Waals surface area contributed by atoms with Crippen molar-refractivity contribution in [3.8, 4) is 0 Å². The third-order valence-electron chi connectivity index (χ3n) is 3.45. The highest BCUT2D eigenvalue weighted by Gasteiger charge is 2.40. The number of hydrogen-bond donors (Lipinski definition) is 0. The van der Waals surface area contributed by atoms with Gasteiger partial charge in [-0.3, -0.25) is 14.5 Å². The zero-order valence-corrected chi connectivity index (χ0v) is 18.0. The molecule has 0 atom stereocenters. The van der Waals surface area contributed by atoms with E-state index in [-0.39, 0.29) is 24.8 Å². The minimum Gasteiger partial charge on any atom is -0.550 e. The van der Waals surface area contributed by atoms with Crippen LogP contribution in [0.15, 0.2) is 17.9 Å². The lowest BCUT2D eigenvalue weighted by Crippen LogP contribution is -2.30. The van der Waals surface area contributed by atoms with Crippen molar-refractivity contribution in [2.75, 3.05) is 6.54 Å². The number of carbonyl (C=O) groups excluding carboxylic acids is 3. The topological polar surface area (TPSA) is 77.5 Å². The molecular formula is C14H10Br4NO4-. The van der Waals surface area contributed by atoms with E-state index in [1.54, 1.807) is 0 Å². The monoisotopic (exact) mass is 572 g/mol. The van der Waals surface area contributed by atoms with Gasteiger partial charge in [-0.05, 0) is 83.0 Å². The Morgan fingerprint density at radius 1 is 0.826 bits per heavy atom. The molecule has 0 N–H and O–H groups in total. The Kier molecular flexibility index (Phi) is 6.43. The molecular weight excluding hydrogens is 566 g/mol. The number of carboxylic acid groups (broad SMARTS) is 1. The Morgan fingerprint density at radius 2 is 1.30 bits per heavy atom. The molecule has 0 aromatic heterocycles. The number of rotatable bonds is 6. The van der Waals surface area contributed by atoms with Crippen LogP contribution in [-0.2, 0) is 4.79 Å². The summed E-state index contributed by atoms with van der Waals surface area (Å²) in [6, 6.07) is 0. The first-order valence-corrected chi connectivity index (χ1v) is 9.86. The number of fused-ring (bicyclic) bond motifs is 1. The van der Waals surface area contributed by atoms with E-state index in [0.717, 1.165) is 0 Å². The van der Waals surface area contributed by atoms with Crippen molar-refractivity contribution in [2.45, 2.75) is 25.7 Å². The van der Waals surface area contributed by atoms with Crippen molar-refractivity contribution in [2.24, 2.45) is 0 Å². The van der Waals surface area contributed by atoms with Crippen LogP contribution in [0.25, 0.3) is 0 Å². The van der Waals surface area contributed by atoms with Crippen molar-refractivity contribution in [1.29, 1.82) is 0 Å². The fourth-order valence-corrected chi connectivity index (χ4v) is 4.77. The summed E-state index contributed by atoms with van der Waals surface area (Å²) in [7, 11) is 0. The Balaban J connectivity index is 2.17. The quantitative estimate of drug-likeness (QED) is 0.225. The molecule has 0 bridgehead atoms. The molecule has 2 rings (SSSR count). The van der Waals surface area contributed by atoms with Crippen molar-refractivity contribution in [1.82, 2.24) is 4.90 Å². The predicted octanol–water partition coefficient (Wildman–Crippen LogP) is 3.64. The van der Waals surface area contributed by atoms with Gasteiger partial charge >= 0.3 is 0 Å². The normalized spacial score (nSPS) is 13.7. The van der Waals surface area contributed by atoms with Crippen molar-refractivity contribution in [3.05, 3.63) is 29.0 Å². The van der Waals surface area contributed by atoms with E-state index in [1.807, 2.05) is 0 Å². The Hall–Kier alpha value is -0.250.